The first-order chi connectivity index (χ1) is 9.78. The van der Waals surface area contributed by atoms with E-state index < -0.39 is 0 Å². The largest absolute Gasteiger partial charge is 0.339 e. The Morgan fingerprint density at radius 1 is 1.30 bits per heavy atom. The highest BCUT2D eigenvalue weighted by Crippen LogP contribution is 2.23. The Labute approximate surface area is 116 Å². The average molecular weight is 268 g/mol. The van der Waals surface area contributed by atoms with Gasteiger partial charge in [-0.3, -0.25) is 4.98 Å². The molecule has 2 aromatic heterocycles. The number of nitrogens with zero attached hydrogens (tertiary/aromatic N) is 3. The first-order valence-electron chi connectivity index (χ1n) is 6.67. The van der Waals surface area contributed by atoms with Crippen molar-refractivity contribution in [2.24, 2.45) is 5.73 Å². The minimum absolute atomic E-state index is 0.184. The molecule has 0 saturated heterocycles. The number of nitrogens with two attached hydrogens (primary N) is 1. The summed E-state index contributed by atoms with van der Waals surface area (Å²) in [5, 5.41) is 5.11. The highest BCUT2D eigenvalue weighted by atomic mass is 16.5. The molecule has 0 amide bonds. The summed E-state index contributed by atoms with van der Waals surface area (Å²) in [4.78, 5) is 8.75. The summed E-state index contributed by atoms with van der Waals surface area (Å²) in [5.74, 6) is 1.43. The van der Waals surface area contributed by atoms with E-state index in [2.05, 4.69) is 15.1 Å². The fraction of sp³-hybridized carbons (Fsp3) is 0.267. The number of aromatic nitrogens is 3. The lowest BCUT2D eigenvalue weighted by atomic mass is 10.1. The predicted octanol–water partition coefficient (Wildman–Crippen LogP) is 2.74. The van der Waals surface area contributed by atoms with Crippen LogP contribution in [0.5, 0.6) is 0 Å². The monoisotopic (exact) mass is 268 g/mol. The molecular formula is C15H16N4O. The Morgan fingerprint density at radius 3 is 3.05 bits per heavy atom. The molecule has 0 spiro atoms. The minimum atomic E-state index is 0.184. The van der Waals surface area contributed by atoms with Gasteiger partial charge in [0.15, 0.2) is 0 Å². The molecule has 5 heteroatoms. The molecule has 2 heterocycles. The maximum Gasteiger partial charge on any atom is 0.229 e. The molecule has 0 radical (unpaired) electrons. The van der Waals surface area contributed by atoms with Crippen molar-refractivity contribution in [1.82, 2.24) is 15.1 Å². The maximum atomic E-state index is 5.55. The van der Waals surface area contributed by atoms with E-state index in [1.54, 1.807) is 6.20 Å². The average Bonchev–Trinajstić information content (AvgIpc) is 2.97. The molecule has 1 aromatic carbocycles. The third kappa shape index (κ3) is 2.40. The van der Waals surface area contributed by atoms with Crippen molar-refractivity contribution in [2.45, 2.75) is 19.3 Å². The lowest BCUT2D eigenvalue weighted by Crippen LogP contribution is -2.04. The molecule has 1 unspecified atom stereocenters. The Bertz CT molecular complexity index is 722. The molecule has 2 N–H and O–H groups in total. The van der Waals surface area contributed by atoms with Gasteiger partial charge in [0.2, 0.25) is 11.7 Å². The minimum Gasteiger partial charge on any atom is -0.339 e. The highest BCUT2D eigenvalue weighted by Gasteiger charge is 2.14. The molecular weight excluding hydrogens is 252 g/mol. The number of benzene rings is 1. The predicted molar refractivity (Wildman–Crippen MR) is 77.1 cm³/mol. The van der Waals surface area contributed by atoms with Crippen LogP contribution in [0, 0.1) is 0 Å². The molecule has 0 fully saturated rings. The lowest BCUT2D eigenvalue weighted by Gasteiger charge is -2.02. The van der Waals surface area contributed by atoms with Crippen LogP contribution >= 0.6 is 0 Å². The van der Waals surface area contributed by atoms with Gasteiger partial charge in [-0.1, -0.05) is 18.1 Å². The summed E-state index contributed by atoms with van der Waals surface area (Å²) in [5.41, 5.74) is 7.44. The van der Waals surface area contributed by atoms with Gasteiger partial charge in [-0.05, 0) is 37.2 Å². The summed E-state index contributed by atoms with van der Waals surface area (Å²) < 4.78 is 5.31. The molecule has 0 aliphatic rings. The van der Waals surface area contributed by atoms with Crippen LogP contribution in [0.3, 0.4) is 0 Å². The maximum absolute atomic E-state index is 5.55. The SMILES string of the molecule is CC(CCN)c1nc(-c2ccc3ncccc3c2)no1. The van der Waals surface area contributed by atoms with E-state index in [-0.39, 0.29) is 5.92 Å². The zero-order chi connectivity index (χ0) is 13.9. The van der Waals surface area contributed by atoms with Gasteiger partial charge < -0.3 is 10.3 Å². The van der Waals surface area contributed by atoms with Crippen molar-refractivity contribution in [2.75, 3.05) is 6.54 Å². The smallest absolute Gasteiger partial charge is 0.229 e. The van der Waals surface area contributed by atoms with E-state index in [9.17, 15) is 0 Å². The molecule has 0 aliphatic carbocycles. The van der Waals surface area contributed by atoms with Gasteiger partial charge in [0.05, 0.1) is 5.52 Å². The lowest BCUT2D eigenvalue weighted by molar-refractivity contribution is 0.355. The summed E-state index contributed by atoms with van der Waals surface area (Å²) in [6, 6.07) is 9.87. The number of hydrogen-bond acceptors (Lipinski definition) is 5. The van der Waals surface area contributed by atoms with Gasteiger partial charge >= 0.3 is 0 Å². The Hall–Kier alpha value is -2.27. The van der Waals surface area contributed by atoms with Crippen molar-refractivity contribution < 1.29 is 4.52 Å². The Morgan fingerprint density at radius 2 is 2.20 bits per heavy atom. The number of fused-ring (bicyclic) bond motifs is 1. The van der Waals surface area contributed by atoms with Crippen LogP contribution in [-0.4, -0.2) is 21.7 Å². The van der Waals surface area contributed by atoms with E-state index in [1.807, 2.05) is 37.3 Å². The fourth-order valence-corrected chi connectivity index (χ4v) is 2.14. The second-order valence-electron chi connectivity index (χ2n) is 4.85. The third-order valence-electron chi connectivity index (χ3n) is 3.32. The van der Waals surface area contributed by atoms with Crippen LogP contribution in [0.15, 0.2) is 41.1 Å². The quantitative estimate of drug-likeness (QED) is 0.787. The number of rotatable bonds is 4. The van der Waals surface area contributed by atoms with E-state index >= 15 is 0 Å². The summed E-state index contributed by atoms with van der Waals surface area (Å²) in [7, 11) is 0. The van der Waals surface area contributed by atoms with Gasteiger partial charge in [0.1, 0.15) is 0 Å². The van der Waals surface area contributed by atoms with E-state index in [1.165, 1.54) is 0 Å². The molecule has 3 rings (SSSR count). The van der Waals surface area contributed by atoms with Gasteiger partial charge in [0, 0.05) is 23.1 Å². The van der Waals surface area contributed by atoms with Gasteiger partial charge in [-0.2, -0.15) is 4.98 Å². The Kier molecular flexibility index (Phi) is 3.43. The molecule has 0 bridgehead atoms. The fourth-order valence-electron chi connectivity index (χ4n) is 2.14. The third-order valence-corrected chi connectivity index (χ3v) is 3.32. The summed E-state index contributed by atoms with van der Waals surface area (Å²) >= 11 is 0. The van der Waals surface area contributed by atoms with Crippen LogP contribution in [0.1, 0.15) is 25.2 Å². The van der Waals surface area contributed by atoms with Crippen molar-refractivity contribution >= 4 is 10.9 Å². The van der Waals surface area contributed by atoms with E-state index in [0.29, 0.717) is 18.3 Å². The van der Waals surface area contributed by atoms with Gasteiger partial charge in [-0.25, -0.2) is 0 Å². The van der Waals surface area contributed by atoms with E-state index in [4.69, 9.17) is 10.3 Å². The normalized spacial score (nSPS) is 12.7. The summed E-state index contributed by atoms with van der Waals surface area (Å²) in [6.07, 6.45) is 2.62. The van der Waals surface area contributed by atoms with Crippen LogP contribution in [0.4, 0.5) is 0 Å². The number of pyridine rings is 1. The molecule has 1 atom stereocenters. The second kappa shape index (κ2) is 5.38. The Balaban J connectivity index is 1.94. The second-order valence-corrected chi connectivity index (χ2v) is 4.85. The van der Waals surface area contributed by atoms with Crippen LogP contribution < -0.4 is 5.73 Å². The zero-order valence-electron chi connectivity index (χ0n) is 11.3. The zero-order valence-corrected chi connectivity index (χ0v) is 11.3. The molecule has 5 nitrogen and oxygen atoms in total. The number of hydrogen-bond donors (Lipinski definition) is 1. The van der Waals surface area contributed by atoms with Crippen molar-refractivity contribution in [3.8, 4) is 11.4 Å². The van der Waals surface area contributed by atoms with Crippen LogP contribution in [0.25, 0.3) is 22.3 Å². The van der Waals surface area contributed by atoms with Gasteiger partial charge in [0.25, 0.3) is 0 Å². The first-order valence-corrected chi connectivity index (χ1v) is 6.67. The van der Waals surface area contributed by atoms with Crippen molar-refractivity contribution in [1.29, 1.82) is 0 Å². The molecule has 0 saturated carbocycles. The molecule has 20 heavy (non-hydrogen) atoms. The molecule has 3 aromatic rings. The first kappa shape index (κ1) is 12.7. The topological polar surface area (TPSA) is 77.8 Å². The summed E-state index contributed by atoms with van der Waals surface area (Å²) in [6.45, 7) is 2.65. The van der Waals surface area contributed by atoms with E-state index in [0.717, 1.165) is 22.9 Å². The van der Waals surface area contributed by atoms with Gasteiger partial charge in [-0.15, -0.1) is 0 Å². The van der Waals surface area contributed by atoms with Crippen LogP contribution in [0.2, 0.25) is 0 Å². The molecule has 102 valence electrons. The highest BCUT2D eigenvalue weighted by molar-refractivity contribution is 5.82. The standard InChI is InChI=1S/C15H16N4O/c1-10(6-7-16)15-18-14(19-20-15)12-4-5-13-11(9-12)3-2-8-17-13/h2-5,8-10H,6-7,16H2,1H3. The molecule has 0 aliphatic heterocycles. The van der Waals surface area contributed by atoms with Crippen molar-refractivity contribution in [3.63, 3.8) is 0 Å². The van der Waals surface area contributed by atoms with Crippen molar-refractivity contribution in [3.05, 3.63) is 42.4 Å². The van der Waals surface area contributed by atoms with Crippen LogP contribution in [-0.2, 0) is 0 Å².